The Kier molecular flexibility index (Phi) is 2.50. The third-order valence-corrected chi connectivity index (χ3v) is 2.08. The van der Waals surface area contributed by atoms with Crippen LogP contribution in [0.3, 0.4) is 0 Å². The first-order chi connectivity index (χ1) is 5.91. The van der Waals surface area contributed by atoms with E-state index in [1.807, 2.05) is 24.3 Å². The lowest BCUT2D eigenvalue weighted by molar-refractivity contribution is -0.428. The van der Waals surface area contributed by atoms with E-state index in [2.05, 4.69) is 20.8 Å². The number of nitroso groups, excluding NO2 is 1. The van der Waals surface area contributed by atoms with E-state index in [1.54, 1.807) is 0 Å². The maximum atomic E-state index is 11.0. The summed E-state index contributed by atoms with van der Waals surface area (Å²) in [6.45, 7) is 6.41. The van der Waals surface area contributed by atoms with Crippen LogP contribution < -0.4 is 0 Å². The maximum absolute atomic E-state index is 11.0. The average molecular weight is 178 g/mol. The van der Waals surface area contributed by atoms with Gasteiger partial charge in [-0.1, -0.05) is 32.9 Å². The second-order valence-corrected chi connectivity index (χ2v) is 4.30. The third-order valence-electron chi connectivity index (χ3n) is 2.08. The van der Waals surface area contributed by atoms with E-state index < -0.39 is 0 Å². The van der Waals surface area contributed by atoms with Gasteiger partial charge >= 0.3 is 0 Å². The van der Waals surface area contributed by atoms with Gasteiger partial charge in [-0.3, -0.25) is 0 Å². The van der Waals surface area contributed by atoms with Crippen LogP contribution in [0.25, 0.3) is 0 Å². The molecule has 0 aliphatic carbocycles. The number of hydrogen-bond donors (Lipinski definition) is 0. The van der Waals surface area contributed by atoms with Gasteiger partial charge < -0.3 is 0 Å². The number of rotatable bonds is 1. The smallest absolute Gasteiger partial charge is 0.0580 e. The van der Waals surface area contributed by atoms with E-state index in [0.717, 1.165) is 4.76 Å². The molecule has 1 aromatic rings. The SMILES string of the molecule is C[N+](=O)c1cccc(C(C)(C)C)c1. The van der Waals surface area contributed by atoms with E-state index >= 15 is 0 Å². The molecule has 0 saturated heterocycles. The number of nitrogens with zero attached hydrogens (tertiary/aromatic N) is 1. The molecule has 1 rings (SSSR count). The Morgan fingerprint density at radius 3 is 2.31 bits per heavy atom. The van der Waals surface area contributed by atoms with Gasteiger partial charge in [-0.15, -0.1) is 0 Å². The molecule has 1 aromatic carbocycles. The molecule has 2 heteroatoms. The normalized spacial score (nSPS) is 11.4. The second-order valence-electron chi connectivity index (χ2n) is 4.30. The molecule has 0 aliphatic rings. The van der Waals surface area contributed by atoms with E-state index in [0.29, 0.717) is 5.69 Å². The maximum Gasteiger partial charge on any atom is 0.255 e. The zero-order valence-corrected chi connectivity index (χ0v) is 8.66. The summed E-state index contributed by atoms with van der Waals surface area (Å²) in [5, 5.41) is 0. The lowest BCUT2D eigenvalue weighted by Gasteiger charge is -2.18. The molecule has 0 unspecified atom stereocenters. The van der Waals surface area contributed by atoms with Crippen molar-refractivity contribution in [2.24, 2.45) is 0 Å². The third kappa shape index (κ3) is 2.38. The largest absolute Gasteiger partial charge is 0.255 e. The molecular weight excluding hydrogens is 162 g/mol. The molecule has 0 N–H and O–H groups in total. The Bertz CT molecular complexity index is 323. The van der Waals surface area contributed by atoms with Crippen LogP contribution >= 0.6 is 0 Å². The van der Waals surface area contributed by atoms with Crippen LogP contribution in [0.1, 0.15) is 26.3 Å². The molecule has 0 bridgehead atoms. The highest BCUT2D eigenvalue weighted by molar-refractivity contribution is 5.37. The van der Waals surface area contributed by atoms with Crippen molar-refractivity contribution in [1.29, 1.82) is 0 Å². The molecule has 13 heavy (non-hydrogen) atoms. The summed E-state index contributed by atoms with van der Waals surface area (Å²) in [5.74, 6) is 0. The summed E-state index contributed by atoms with van der Waals surface area (Å²) in [7, 11) is 1.52. The Hall–Kier alpha value is -1.18. The molecule has 0 aliphatic heterocycles. The van der Waals surface area contributed by atoms with Crippen molar-refractivity contribution in [2.45, 2.75) is 26.2 Å². The quantitative estimate of drug-likeness (QED) is 0.605. The lowest BCUT2D eigenvalue weighted by atomic mass is 9.87. The highest BCUT2D eigenvalue weighted by Crippen LogP contribution is 2.24. The average Bonchev–Trinajstić information content (AvgIpc) is 2.03. The van der Waals surface area contributed by atoms with Gasteiger partial charge in [0.05, 0.1) is 0 Å². The van der Waals surface area contributed by atoms with E-state index in [-0.39, 0.29) is 5.41 Å². The number of hydrogen-bond acceptors (Lipinski definition) is 1. The fourth-order valence-electron chi connectivity index (χ4n) is 1.17. The molecule has 70 valence electrons. The van der Waals surface area contributed by atoms with Crippen LogP contribution in [0.2, 0.25) is 0 Å². The fourth-order valence-corrected chi connectivity index (χ4v) is 1.17. The monoisotopic (exact) mass is 178 g/mol. The summed E-state index contributed by atoms with van der Waals surface area (Å²) in [5.41, 5.74) is 2.01. The summed E-state index contributed by atoms with van der Waals surface area (Å²) < 4.78 is 0.884. The Morgan fingerprint density at radius 2 is 1.85 bits per heavy atom. The topological polar surface area (TPSA) is 20.1 Å². The summed E-state index contributed by atoms with van der Waals surface area (Å²) >= 11 is 0. The Morgan fingerprint density at radius 1 is 1.23 bits per heavy atom. The van der Waals surface area contributed by atoms with Gasteiger partial charge in [0.1, 0.15) is 0 Å². The summed E-state index contributed by atoms with van der Waals surface area (Å²) in [4.78, 5) is 11.0. The van der Waals surface area contributed by atoms with Gasteiger partial charge in [-0.2, -0.15) is 0 Å². The van der Waals surface area contributed by atoms with E-state index in [9.17, 15) is 4.91 Å². The van der Waals surface area contributed by atoms with Crippen LogP contribution in [-0.4, -0.2) is 11.8 Å². The minimum atomic E-state index is 0.103. The minimum Gasteiger partial charge on any atom is -0.0580 e. The predicted molar refractivity (Wildman–Crippen MR) is 54.4 cm³/mol. The molecule has 0 radical (unpaired) electrons. The lowest BCUT2D eigenvalue weighted by Crippen LogP contribution is -2.11. The van der Waals surface area contributed by atoms with E-state index in [1.165, 1.54) is 12.6 Å². The van der Waals surface area contributed by atoms with Crippen molar-refractivity contribution < 1.29 is 4.76 Å². The molecule has 0 atom stereocenters. The fraction of sp³-hybridized carbons (Fsp3) is 0.455. The Labute approximate surface area is 79.2 Å². The highest BCUT2D eigenvalue weighted by Gasteiger charge is 2.16. The zero-order chi connectivity index (χ0) is 10.1. The first-order valence-corrected chi connectivity index (χ1v) is 4.42. The first-order valence-electron chi connectivity index (χ1n) is 4.42. The van der Waals surface area contributed by atoms with Crippen molar-refractivity contribution in [3.8, 4) is 0 Å². The molecule has 2 nitrogen and oxygen atoms in total. The van der Waals surface area contributed by atoms with Crippen molar-refractivity contribution in [3.63, 3.8) is 0 Å². The van der Waals surface area contributed by atoms with Crippen molar-refractivity contribution in [2.75, 3.05) is 7.05 Å². The van der Waals surface area contributed by atoms with Gasteiger partial charge in [-0.05, 0) is 11.0 Å². The summed E-state index contributed by atoms with van der Waals surface area (Å²) in [6, 6.07) is 7.73. The first kappa shape index (κ1) is 9.90. The molecular formula is C11H16NO+. The van der Waals surface area contributed by atoms with Gasteiger partial charge in [0.2, 0.25) is 0 Å². The van der Waals surface area contributed by atoms with Crippen LogP contribution in [0, 0.1) is 4.91 Å². The standard InChI is InChI=1S/C11H16NO/c1-11(2,3)9-6-5-7-10(8-9)12(4)13/h5-8H,1-4H3/q+1. The molecule has 0 amide bonds. The van der Waals surface area contributed by atoms with Crippen molar-refractivity contribution in [1.82, 2.24) is 0 Å². The molecule has 0 spiro atoms. The molecule has 0 fully saturated rings. The molecule has 0 saturated carbocycles. The van der Waals surface area contributed by atoms with Gasteiger partial charge in [0.25, 0.3) is 5.69 Å². The van der Waals surface area contributed by atoms with Gasteiger partial charge in [-0.25, -0.2) is 0 Å². The van der Waals surface area contributed by atoms with E-state index in [4.69, 9.17) is 0 Å². The van der Waals surface area contributed by atoms with Crippen molar-refractivity contribution >= 4 is 5.69 Å². The zero-order valence-electron chi connectivity index (χ0n) is 8.66. The molecule has 0 heterocycles. The van der Waals surface area contributed by atoms with Crippen LogP contribution in [0.4, 0.5) is 5.69 Å². The van der Waals surface area contributed by atoms with Gasteiger partial charge in [0.15, 0.2) is 7.05 Å². The van der Waals surface area contributed by atoms with Crippen molar-refractivity contribution in [3.05, 3.63) is 34.7 Å². The van der Waals surface area contributed by atoms with Crippen LogP contribution in [0.5, 0.6) is 0 Å². The minimum absolute atomic E-state index is 0.103. The second kappa shape index (κ2) is 3.29. The summed E-state index contributed by atoms with van der Waals surface area (Å²) in [6.07, 6.45) is 0. The van der Waals surface area contributed by atoms with Crippen LogP contribution in [-0.2, 0) is 5.41 Å². The van der Waals surface area contributed by atoms with Crippen LogP contribution in [0.15, 0.2) is 24.3 Å². The highest BCUT2D eigenvalue weighted by atomic mass is 16.3. The Balaban J connectivity index is 3.13. The predicted octanol–water partition coefficient (Wildman–Crippen LogP) is 3.02. The number of benzene rings is 1. The van der Waals surface area contributed by atoms with Gasteiger partial charge in [0, 0.05) is 21.8 Å². The molecule has 0 aromatic heterocycles.